The van der Waals surface area contributed by atoms with Gasteiger partial charge in [-0.15, -0.1) is 0 Å². The van der Waals surface area contributed by atoms with E-state index < -0.39 is 0 Å². The zero-order chi connectivity index (χ0) is 15.7. The minimum atomic E-state index is -0.302. The molecule has 2 aliphatic rings. The molecular formula is C16H20ClFN2O2. The third kappa shape index (κ3) is 2.92. The molecule has 0 radical (unpaired) electrons. The molecular weight excluding hydrogens is 307 g/mol. The number of carbonyl (C=O) groups excluding carboxylic acids is 1. The van der Waals surface area contributed by atoms with Gasteiger partial charge in [-0.3, -0.25) is 9.69 Å². The van der Waals surface area contributed by atoms with Gasteiger partial charge < -0.3 is 10.1 Å². The summed E-state index contributed by atoms with van der Waals surface area (Å²) < 4.78 is 19.2. The first-order valence-electron chi connectivity index (χ1n) is 7.53. The molecule has 3 rings (SSSR count). The van der Waals surface area contributed by atoms with Crippen LogP contribution in [0, 0.1) is 11.2 Å². The van der Waals surface area contributed by atoms with Crippen LogP contribution >= 0.6 is 11.6 Å². The first-order valence-corrected chi connectivity index (χ1v) is 7.91. The third-order valence-corrected chi connectivity index (χ3v) is 5.28. The van der Waals surface area contributed by atoms with Crippen LogP contribution in [0.2, 0.25) is 5.02 Å². The highest BCUT2D eigenvalue weighted by atomic mass is 35.5. The number of rotatable bonds is 3. The van der Waals surface area contributed by atoms with Gasteiger partial charge in [-0.1, -0.05) is 11.6 Å². The van der Waals surface area contributed by atoms with E-state index in [0.717, 1.165) is 32.5 Å². The first-order chi connectivity index (χ1) is 10.5. The van der Waals surface area contributed by atoms with Crippen molar-refractivity contribution in [1.29, 1.82) is 0 Å². The molecule has 2 aliphatic heterocycles. The molecule has 1 aromatic carbocycles. The molecule has 22 heavy (non-hydrogen) atoms. The van der Waals surface area contributed by atoms with Crippen molar-refractivity contribution < 1.29 is 13.9 Å². The van der Waals surface area contributed by atoms with E-state index in [4.69, 9.17) is 16.3 Å². The topological polar surface area (TPSA) is 41.6 Å². The van der Waals surface area contributed by atoms with Gasteiger partial charge >= 0.3 is 0 Å². The Hall–Kier alpha value is -1.33. The average Bonchev–Trinajstić information content (AvgIpc) is 2.87. The summed E-state index contributed by atoms with van der Waals surface area (Å²) in [6.07, 6.45) is 2.53. The van der Waals surface area contributed by atoms with Crippen LogP contribution in [-0.4, -0.2) is 37.6 Å². The minimum Gasteiger partial charge on any atom is -0.495 e. The molecule has 4 nitrogen and oxygen atoms in total. The summed E-state index contributed by atoms with van der Waals surface area (Å²) in [4.78, 5) is 13.6. The fourth-order valence-electron chi connectivity index (χ4n) is 3.39. The van der Waals surface area contributed by atoms with E-state index in [0.29, 0.717) is 29.3 Å². The smallest absolute Gasteiger partial charge is 0.220 e. The monoisotopic (exact) mass is 326 g/mol. The Kier molecular flexibility index (Phi) is 4.28. The lowest BCUT2D eigenvalue weighted by atomic mass is 9.77. The molecule has 120 valence electrons. The number of nitrogens with one attached hydrogen (secondary N) is 1. The normalized spacial score (nSPS) is 21.1. The van der Waals surface area contributed by atoms with E-state index in [9.17, 15) is 9.18 Å². The highest BCUT2D eigenvalue weighted by molar-refractivity contribution is 6.32. The Morgan fingerprint density at radius 1 is 1.41 bits per heavy atom. The van der Waals surface area contributed by atoms with Crippen molar-refractivity contribution in [3.63, 3.8) is 0 Å². The molecule has 0 bridgehead atoms. The number of halogens is 2. The van der Waals surface area contributed by atoms with Gasteiger partial charge in [0.25, 0.3) is 0 Å². The Bertz CT molecular complexity index is 586. The van der Waals surface area contributed by atoms with Crippen LogP contribution < -0.4 is 10.1 Å². The van der Waals surface area contributed by atoms with Crippen molar-refractivity contribution in [2.75, 3.05) is 26.7 Å². The van der Waals surface area contributed by atoms with E-state index >= 15 is 0 Å². The molecule has 0 aliphatic carbocycles. The van der Waals surface area contributed by atoms with Gasteiger partial charge in [0.05, 0.1) is 12.1 Å². The first kappa shape index (κ1) is 15.6. The minimum absolute atomic E-state index is 0.101. The zero-order valence-corrected chi connectivity index (χ0v) is 13.4. The lowest BCUT2D eigenvalue weighted by Gasteiger charge is -2.38. The number of methoxy groups -OCH3 is 1. The van der Waals surface area contributed by atoms with E-state index in [2.05, 4.69) is 10.2 Å². The average molecular weight is 327 g/mol. The Morgan fingerprint density at radius 3 is 2.73 bits per heavy atom. The highest BCUT2D eigenvalue weighted by Gasteiger charge is 2.40. The molecule has 0 saturated carbocycles. The van der Waals surface area contributed by atoms with Crippen LogP contribution in [0.4, 0.5) is 4.39 Å². The van der Waals surface area contributed by atoms with Crippen molar-refractivity contribution in [1.82, 2.24) is 10.2 Å². The van der Waals surface area contributed by atoms with Crippen molar-refractivity contribution in [2.24, 2.45) is 5.41 Å². The van der Waals surface area contributed by atoms with Crippen molar-refractivity contribution in [3.8, 4) is 5.75 Å². The highest BCUT2D eigenvalue weighted by Crippen LogP contribution is 2.38. The second-order valence-corrected chi connectivity index (χ2v) is 6.65. The summed E-state index contributed by atoms with van der Waals surface area (Å²) >= 11 is 6.23. The van der Waals surface area contributed by atoms with Gasteiger partial charge in [0.2, 0.25) is 5.91 Å². The maximum Gasteiger partial charge on any atom is 0.220 e. The fraction of sp³-hybridized carbons (Fsp3) is 0.562. The molecule has 0 unspecified atom stereocenters. The summed E-state index contributed by atoms with van der Waals surface area (Å²) in [5, 5.41) is 3.27. The largest absolute Gasteiger partial charge is 0.495 e. The number of benzene rings is 1. The predicted molar refractivity (Wildman–Crippen MR) is 82.5 cm³/mol. The summed E-state index contributed by atoms with van der Waals surface area (Å²) in [7, 11) is 1.53. The number of hydrogen-bond acceptors (Lipinski definition) is 3. The summed E-state index contributed by atoms with van der Waals surface area (Å²) in [5.74, 6) is 0.344. The van der Waals surface area contributed by atoms with Gasteiger partial charge in [0, 0.05) is 25.1 Å². The van der Waals surface area contributed by atoms with Crippen molar-refractivity contribution in [2.45, 2.75) is 25.8 Å². The molecule has 2 saturated heterocycles. The molecule has 1 N–H and O–H groups in total. The van der Waals surface area contributed by atoms with Crippen LogP contribution in [-0.2, 0) is 11.3 Å². The van der Waals surface area contributed by atoms with Gasteiger partial charge in [0.15, 0.2) is 0 Å². The number of likely N-dealkylation sites (tertiary alicyclic amines) is 1. The van der Waals surface area contributed by atoms with Crippen molar-refractivity contribution >= 4 is 17.5 Å². The molecule has 2 heterocycles. The van der Waals surface area contributed by atoms with Crippen molar-refractivity contribution in [3.05, 3.63) is 28.5 Å². The van der Waals surface area contributed by atoms with Crippen LogP contribution in [0.1, 0.15) is 24.8 Å². The molecule has 1 spiro atoms. The Labute approximate surface area is 134 Å². The summed E-state index contributed by atoms with van der Waals surface area (Å²) in [6.45, 7) is 2.94. The van der Waals surface area contributed by atoms with Gasteiger partial charge in [0.1, 0.15) is 11.6 Å². The molecule has 1 amide bonds. The number of hydrogen-bond donors (Lipinski definition) is 1. The zero-order valence-electron chi connectivity index (χ0n) is 12.6. The fourth-order valence-corrected chi connectivity index (χ4v) is 3.68. The Balaban J connectivity index is 1.67. The summed E-state index contributed by atoms with van der Waals surface area (Å²) in [6, 6.07) is 2.94. The van der Waals surface area contributed by atoms with E-state index in [1.165, 1.54) is 13.2 Å². The van der Waals surface area contributed by atoms with Gasteiger partial charge in [-0.25, -0.2) is 4.39 Å². The van der Waals surface area contributed by atoms with Crippen LogP contribution in [0.5, 0.6) is 5.75 Å². The quantitative estimate of drug-likeness (QED) is 0.928. The molecule has 2 fully saturated rings. The SMILES string of the molecule is COc1ccc(F)c(CN2CCC3(CC2)CNC(=O)C3)c1Cl. The lowest BCUT2D eigenvalue weighted by molar-refractivity contribution is -0.119. The second kappa shape index (κ2) is 6.05. The number of ether oxygens (including phenoxy) is 1. The van der Waals surface area contributed by atoms with Crippen LogP contribution in [0.15, 0.2) is 12.1 Å². The van der Waals surface area contributed by atoms with Gasteiger partial charge in [-0.2, -0.15) is 0 Å². The van der Waals surface area contributed by atoms with E-state index in [1.807, 2.05) is 0 Å². The summed E-state index contributed by atoms with van der Waals surface area (Å²) in [5.41, 5.74) is 0.585. The molecule has 0 atom stereocenters. The molecule has 6 heteroatoms. The van der Waals surface area contributed by atoms with Crippen LogP contribution in [0.3, 0.4) is 0 Å². The maximum atomic E-state index is 14.0. The number of carbonyl (C=O) groups is 1. The number of nitrogens with zero attached hydrogens (tertiary/aromatic N) is 1. The number of piperidine rings is 1. The number of amides is 1. The molecule has 0 aromatic heterocycles. The van der Waals surface area contributed by atoms with E-state index in [1.54, 1.807) is 6.07 Å². The van der Waals surface area contributed by atoms with E-state index in [-0.39, 0.29) is 17.1 Å². The Morgan fingerprint density at radius 2 is 2.14 bits per heavy atom. The standard InChI is InChI=1S/C16H20ClFN2O2/c1-22-13-3-2-12(18)11(15(13)17)9-20-6-4-16(5-7-20)8-14(21)19-10-16/h2-3H,4-10H2,1H3,(H,19,21). The second-order valence-electron chi connectivity index (χ2n) is 6.27. The van der Waals surface area contributed by atoms with Gasteiger partial charge in [-0.05, 0) is 43.5 Å². The third-order valence-electron chi connectivity index (χ3n) is 4.87. The predicted octanol–water partition coefficient (Wildman–Crippen LogP) is 2.59. The van der Waals surface area contributed by atoms with Crippen LogP contribution in [0.25, 0.3) is 0 Å². The lowest BCUT2D eigenvalue weighted by Crippen LogP contribution is -2.40. The maximum absolute atomic E-state index is 14.0. The molecule has 1 aromatic rings.